The summed E-state index contributed by atoms with van der Waals surface area (Å²) in [5, 5.41) is 12.9. The molecule has 0 aromatic heterocycles. The van der Waals surface area contributed by atoms with Crippen LogP contribution in [0.15, 0.2) is 0 Å². The Labute approximate surface area is 119 Å². The third-order valence-corrected chi connectivity index (χ3v) is 3.99. The van der Waals surface area contributed by atoms with Gasteiger partial charge in [-0.3, -0.25) is 4.79 Å². The van der Waals surface area contributed by atoms with Gasteiger partial charge in [0.1, 0.15) is 0 Å². The maximum Gasteiger partial charge on any atom is 0.220 e. The van der Waals surface area contributed by atoms with Crippen LogP contribution in [0.5, 0.6) is 0 Å². The Morgan fingerprint density at radius 2 is 1.42 bits per heavy atom. The highest BCUT2D eigenvalue weighted by molar-refractivity contribution is 5.76. The molecule has 0 aromatic rings. The van der Waals surface area contributed by atoms with Gasteiger partial charge in [-0.1, -0.05) is 45.4 Å². The van der Waals surface area contributed by atoms with E-state index in [0.717, 1.165) is 12.8 Å². The predicted molar refractivity (Wildman–Crippen MR) is 81.1 cm³/mol. The lowest BCUT2D eigenvalue weighted by Crippen LogP contribution is -2.57. The summed E-state index contributed by atoms with van der Waals surface area (Å²) >= 11 is 0. The second-order valence-corrected chi connectivity index (χ2v) is 6.60. The molecule has 0 aromatic carbocycles. The molecule has 0 heterocycles. The minimum absolute atomic E-state index is 0.0423. The van der Waals surface area contributed by atoms with Crippen molar-refractivity contribution in [3.8, 4) is 0 Å². The fraction of sp³-hybridized carbons (Fsp3) is 0.938. The monoisotopic (exact) mass is 271 g/mol. The van der Waals surface area contributed by atoms with Gasteiger partial charge in [0, 0.05) is 6.42 Å². The lowest BCUT2D eigenvalue weighted by molar-refractivity contribution is -0.126. The standard InChI is InChI=1S/C16H33NO2/c1-6-7-8-9-10-11-12-13-14(18)17-15(2,3)16(4,5)19/h19H,6-13H2,1-5H3,(H,17,18). The topological polar surface area (TPSA) is 49.3 Å². The number of nitrogens with one attached hydrogen (secondary N) is 1. The van der Waals surface area contributed by atoms with Crippen molar-refractivity contribution in [1.82, 2.24) is 5.32 Å². The number of hydrogen-bond acceptors (Lipinski definition) is 2. The highest BCUT2D eigenvalue weighted by Gasteiger charge is 2.35. The summed E-state index contributed by atoms with van der Waals surface area (Å²) < 4.78 is 0. The highest BCUT2D eigenvalue weighted by atomic mass is 16.3. The number of carbonyl (C=O) groups is 1. The van der Waals surface area contributed by atoms with E-state index in [1.54, 1.807) is 13.8 Å². The number of unbranched alkanes of at least 4 members (excludes halogenated alkanes) is 6. The van der Waals surface area contributed by atoms with Gasteiger partial charge in [0.25, 0.3) is 0 Å². The van der Waals surface area contributed by atoms with Crippen LogP contribution in [0.1, 0.15) is 86.0 Å². The molecule has 0 aliphatic heterocycles. The van der Waals surface area contributed by atoms with Gasteiger partial charge in [0.2, 0.25) is 5.91 Å². The first-order valence-corrected chi connectivity index (χ1v) is 7.74. The van der Waals surface area contributed by atoms with Gasteiger partial charge in [-0.2, -0.15) is 0 Å². The third-order valence-electron chi connectivity index (χ3n) is 3.99. The molecule has 0 saturated carbocycles. The summed E-state index contributed by atoms with van der Waals surface area (Å²) in [6, 6.07) is 0. The van der Waals surface area contributed by atoms with E-state index in [4.69, 9.17) is 0 Å². The summed E-state index contributed by atoms with van der Waals surface area (Å²) in [5.74, 6) is 0.0423. The second kappa shape index (κ2) is 8.57. The molecule has 19 heavy (non-hydrogen) atoms. The Morgan fingerprint density at radius 1 is 0.947 bits per heavy atom. The fourth-order valence-corrected chi connectivity index (χ4v) is 1.81. The van der Waals surface area contributed by atoms with Crippen LogP contribution in [-0.4, -0.2) is 22.2 Å². The van der Waals surface area contributed by atoms with Crippen LogP contribution in [-0.2, 0) is 4.79 Å². The molecule has 3 heteroatoms. The Bertz CT molecular complexity index is 254. The zero-order chi connectivity index (χ0) is 14.9. The van der Waals surface area contributed by atoms with Crippen molar-refractivity contribution in [2.24, 2.45) is 0 Å². The van der Waals surface area contributed by atoms with Crippen molar-refractivity contribution in [3.05, 3.63) is 0 Å². The van der Waals surface area contributed by atoms with Crippen LogP contribution in [0.25, 0.3) is 0 Å². The SMILES string of the molecule is CCCCCCCCCC(=O)NC(C)(C)C(C)(C)O. The average molecular weight is 271 g/mol. The van der Waals surface area contributed by atoms with E-state index in [9.17, 15) is 9.90 Å². The Balaban J connectivity index is 3.71. The van der Waals surface area contributed by atoms with Gasteiger partial charge in [-0.05, 0) is 34.1 Å². The number of amides is 1. The van der Waals surface area contributed by atoms with E-state index >= 15 is 0 Å². The Morgan fingerprint density at radius 3 is 1.89 bits per heavy atom. The average Bonchev–Trinajstić information content (AvgIpc) is 2.25. The van der Waals surface area contributed by atoms with Crippen LogP contribution >= 0.6 is 0 Å². The van der Waals surface area contributed by atoms with Gasteiger partial charge in [0.15, 0.2) is 0 Å². The van der Waals surface area contributed by atoms with E-state index in [-0.39, 0.29) is 5.91 Å². The predicted octanol–water partition coefficient (Wildman–Crippen LogP) is 3.79. The largest absolute Gasteiger partial charge is 0.388 e. The van der Waals surface area contributed by atoms with Crippen LogP contribution in [0.4, 0.5) is 0 Å². The van der Waals surface area contributed by atoms with Gasteiger partial charge < -0.3 is 10.4 Å². The first kappa shape index (κ1) is 18.4. The van der Waals surface area contributed by atoms with Crippen LogP contribution in [0, 0.1) is 0 Å². The molecule has 0 radical (unpaired) electrons. The Kier molecular flexibility index (Phi) is 8.31. The summed E-state index contributed by atoms with van der Waals surface area (Å²) in [7, 11) is 0. The number of carbonyl (C=O) groups excluding carboxylic acids is 1. The highest BCUT2D eigenvalue weighted by Crippen LogP contribution is 2.20. The molecule has 0 aliphatic carbocycles. The van der Waals surface area contributed by atoms with E-state index in [1.165, 1.54) is 32.1 Å². The summed E-state index contributed by atoms with van der Waals surface area (Å²) in [6.07, 6.45) is 9.04. The number of hydrogen-bond donors (Lipinski definition) is 2. The van der Waals surface area contributed by atoms with Gasteiger partial charge in [-0.25, -0.2) is 0 Å². The molecule has 0 saturated heterocycles. The van der Waals surface area contributed by atoms with Crippen molar-refractivity contribution < 1.29 is 9.90 Å². The van der Waals surface area contributed by atoms with Crippen LogP contribution in [0.2, 0.25) is 0 Å². The second-order valence-electron chi connectivity index (χ2n) is 6.60. The molecule has 3 nitrogen and oxygen atoms in total. The molecule has 2 N–H and O–H groups in total. The molecule has 114 valence electrons. The maximum atomic E-state index is 11.8. The lowest BCUT2D eigenvalue weighted by atomic mass is 9.86. The van der Waals surface area contributed by atoms with Gasteiger partial charge in [-0.15, -0.1) is 0 Å². The van der Waals surface area contributed by atoms with E-state index < -0.39 is 11.1 Å². The smallest absolute Gasteiger partial charge is 0.220 e. The fourth-order valence-electron chi connectivity index (χ4n) is 1.81. The minimum Gasteiger partial charge on any atom is -0.388 e. The van der Waals surface area contributed by atoms with Crippen molar-refractivity contribution in [2.75, 3.05) is 0 Å². The van der Waals surface area contributed by atoms with Crippen molar-refractivity contribution in [2.45, 2.75) is 97.1 Å². The van der Waals surface area contributed by atoms with Crippen LogP contribution < -0.4 is 5.32 Å². The van der Waals surface area contributed by atoms with Crippen molar-refractivity contribution in [3.63, 3.8) is 0 Å². The molecule has 0 fully saturated rings. The first-order chi connectivity index (χ1) is 8.70. The van der Waals surface area contributed by atoms with Gasteiger partial charge in [0.05, 0.1) is 11.1 Å². The first-order valence-electron chi connectivity index (χ1n) is 7.74. The molecule has 1 amide bonds. The quantitative estimate of drug-likeness (QED) is 0.594. The van der Waals surface area contributed by atoms with Crippen molar-refractivity contribution >= 4 is 5.91 Å². The molecule has 0 spiro atoms. The lowest BCUT2D eigenvalue weighted by Gasteiger charge is -2.38. The molecule has 0 bridgehead atoms. The Hall–Kier alpha value is -0.570. The van der Waals surface area contributed by atoms with E-state index in [1.807, 2.05) is 13.8 Å². The minimum atomic E-state index is -0.914. The van der Waals surface area contributed by atoms with Gasteiger partial charge >= 0.3 is 0 Å². The third kappa shape index (κ3) is 8.25. The molecule has 0 rings (SSSR count). The van der Waals surface area contributed by atoms with E-state index in [0.29, 0.717) is 6.42 Å². The zero-order valence-corrected chi connectivity index (χ0v) is 13.5. The number of rotatable bonds is 10. The molecule has 0 unspecified atom stereocenters. The van der Waals surface area contributed by atoms with Crippen molar-refractivity contribution in [1.29, 1.82) is 0 Å². The summed E-state index contributed by atoms with van der Waals surface area (Å²) in [6.45, 7) is 9.38. The van der Waals surface area contributed by atoms with Crippen LogP contribution in [0.3, 0.4) is 0 Å². The summed E-state index contributed by atoms with van der Waals surface area (Å²) in [4.78, 5) is 11.8. The normalized spacial score (nSPS) is 12.5. The number of aliphatic hydroxyl groups is 1. The summed E-state index contributed by atoms with van der Waals surface area (Å²) in [5.41, 5.74) is -1.51. The maximum absolute atomic E-state index is 11.8. The molecular weight excluding hydrogens is 238 g/mol. The molecule has 0 atom stereocenters. The van der Waals surface area contributed by atoms with E-state index in [2.05, 4.69) is 12.2 Å². The zero-order valence-electron chi connectivity index (χ0n) is 13.5. The molecule has 0 aliphatic rings. The molecular formula is C16H33NO2.